The van der Waals surface area contributed by atoms with Crippen molar-refractivity contribution in [1.29, 1.82) is 0 Å². The molecule has 0 aromatic carbocycles. The molecule has 0 aliphatic carbocycles. The van der Waals surface area contributed by atoms with Crippen molar-refractivity contribution in [2.45, 2.75) is 219 Å². The van der Waals surface area contributed by atoms with Crippen LogP contribution in [0.3, 0.4) is 0 Å². The fourth-order valence-electron chi connectivity index (χ4n) is 6.29. The molecule has 0 aromatic heterocycles. The van der Waals surface area contributed by atoms with Gasteiger partial charge in [0.05, 0.1) is 27.2 Å². The molecular weight excluding hydrogens is 529 g/mol. The maximum atomic E-state index is 2.47. The number of hydrogen-bond donors (Lipinski definition) is 0. The molecular formula is C38H86AlNO2. The molecule has 0 amide bonds. The SMILES string of the molecule is CCCCCCCCCCCCCCCCCC[N+](C)(C)CCCCCCCCCCCCCCCCCC.O.[AlH3].[OH-]. The van der Waals surface area contributed by atoms with Gasteiger partial charge in [0.1, 0.15) is 0 Å². The van der Waals surface area contributed by atoms with Crippen LogP contribution in [0.15, 0.2) is 0 Å². The van der Waals surface area contributed by atoms with Gasteiger partial charge in [0.2, 0.25) is 0 Å². The van der Waals surface area contributed by atoms with Gasteiger partial charge in [-0.1, -0.05) is 194 Å². The topological polar surface area (TPSA) is 61.5 Å². The fraction of sp³-hybridized carbons (Fsp3) is 1.00. The molecule has 3 N–H and O–H groups in total. The van der Waals surface area contributed by atoms with Gasteiger partial charge >= 0.3 is 0 Å². The zero-order chi connectivity index (χ0) is 28.5. The number of hydrogen-bond acceptors (Lipinski definition) is 1. The first-order chi connectivity index (χ1) is 19.1. The molecule has 0 bridgehead atoms. The molecule has 0 radical (unpaired) electrons. The lowest BCUT2D eigenvalue weighted by molar-refractivity contribution is -0.890. The maximum absolute atomic E-state index is 2.47. The molecule has 0 atom stereocenters. The minimum absolute atomic E-state index is 0. The third kappa shape index (κ3) is 42.5. The highest BCUT2D eigenvalue weighted by Crippen LogP contribution is 2.16. The summed E-state index contributed by atoms with van der Waals surface area (Å²) < 4.78 is 1.25. The van der Waals surface area contributed by atoms with Crippen LogP contribution < -0.4 is 0 Å². The molecule has 0 aliphatic rings. The number of quaternary nitrogens is 1. The zero-order valence-electron chi connectivity index (χ0n) is 29.4. The van der Waals surface area contributed by atoms with Crippen LogP contribution >= 0.6 is 0 Å². The Balaban J connectivity index is -0.00000241. The maximum Gasteiger partial charge on any atom is 0.187 e. The average molecular weight is 616 g/mol. The van der Waals surface area contributed by atoms with Crippen LogP contribution in [-0.2, 0) is 0 Å². The van der Waals surface area contributed by atoms with Gasteiger partial charge in [-0.25, -0.2) is 0 Å². The van der Waals surface area contributed by atoms with Crippen molar-refractivity contribution in [2.24, 2.45) is 0 Å². The molecule has 0 rings (SSSR count). The van der Waals surface area contributed by atoms with Gasteiger partial charge in [0, 0.05) is 0 Å². The molecule has 0 saturated heterocycles. The Morgan fingerprint density at radius 2 is 0.429 bits per heavy atom. The van der Waals surface area contributed by atoms with Gasteiger partial charge in [0.25, 0.3) is 0 Å². The van der Waals surface area contributed by atoms with Crippen molar-refractivity contribution in [2.75, 3.05) is 27.2 Å². The first-order valence-electron chi connectivity index (χ1n) is 18.9. The highest BCUT2D eigenvalue weighted by molar-refractivity contribution is 5.75. The lowest BCUT2D eigenvalue weighted by atomic mass is 10.0. The largest absolute Gasteiger partial charge is 0.870 e. The monoisotopic (exact) mass is 616 g/mol. The molecule has 0 unspecified atom stereocenters. The fourth-order valence-corrected chi connectivity index (χ4v) is 6.29. The highest BCUT2D eigenvalue weighted by Gasteiger charge is 2.13. The standard InChI is InChI=1S/C38H80N.Al.2H2O.3H/c1-5-7-9-11-13-15-17-19-21-23-25-27-29-31-33-35-37-39(3,4)38-36-34-32-30-28-26-24-22-20-18-16-14-12-10-8-6-2;;;;;;/h5-38H2,1-4H3;;2*1H2;;;/q+1;;;;;;/p-1. The first kappa shape index (κ1) is 49.3. The van der Waals surface area contributed by atoms with Crippen LogP contribution in [-0.4, -0.2) is 60.0 Å². The normalized spacial score (nSPS) is 11.1. The lowest BCUT2D eigenvalue weighted by Crippen LogP contribution is -2.41. The number of nitrogens with zero attached hydrogens (tertiary/aromatic N) is 1. The number of unbranched alkanes of at least 4 members (excludes halogenated alkanes) is 30. The van der Waals surface area contributed by atoms with Crippen molar-refractivity contribution in [3.63, 3.8) is 0 Å². The van der Waals surface area contributed by atoms with E-state index in [9.17, 15) is 0 Å². The summed E-state index contributed by atoms with van der Waals surface area (Å²) in [7, 11) is 4.94. The highest BCUT2D eigenvalue weighted by atomic mass is 27.0. The summed E-state index contributed by atoms with van der Waals surface area (Å²) in [6.45, 7) is 7.39. The number of rotatable bonds is 34. The summed E-state index contributed by atoms with van der Waals surface area (Å²) in [4.78, 5) is 0. The van der Waals surface area contributed by atoms with Gasteiger partial charge in [-0.05, 0) is 25.7 Å². The molecule has 0 fully saturated rings. The Kier molecular flexibility index (Phi) is 48.6. The van der Waals surface area contributed by atoms with Gasteiger partial charge in [0.15, 0.2) is 17.4 Å². The molecule has 0 heterocycles. The Bertz CT molecular complexity index is 409. The van der Waals surface area contributed by atoms with Crippen LogP contribution in [0.2, 0.25) is 0 Å². The smallest absolute Gasteiger partial charge is 0.187 e. The summed E-state index contributed by atoms with van der Waals surface area (Å²) in [5.41, 5.74) is 0. The third-order valence-electron chi connectivity index (χ3n) is 9.23. The van der Waals surface area contributed by atoms with Gasteiger partial charge in [-0.3, -0.25) is 0 Å². The molecule has 0 spiro atoms. The molecule has 0 aliphatic heterocycles. The predicted molar refractivity (Wildman–Crippen MR) is 196 cm³/mol. The zero-order valence-corrected chi connectivity index (χ0v) is 29.4. The van der Waals surface area contributed by atoms with E-state index >= 15 is 0 Å². The lowest BCUT2D eigenvalue weighted by Gasteiger charge is -2.30. The Morgan fingerprint density at radius 1 is 0.286 bits per heavy atom. The average Bonchev–Trinajstić information content (AvgIpc) is 2.92. The summed E-state index contributed by atoms with van der Waals surface area (Å²) in [5.74, 6) is 0. The van der Waals surface area contributed by atoms with Gasteiger partial charge in [-0.15, -0.1) is 0 Å². The Hall–Kier alpha value is 0.412. The van der Waals surface area contributed by atoms with Gasteiger partial charge in [-0.2, -0.15) is 0 Å². The second-order valence-electron chi connectivity index (χ2n) is 14.0. The van der Waals surface area contributed by atoms with E-state index in [4.69, 9.17) is 0 Å². The second-order valence-corrected chi connectivity index (χ2v) is 14.0. The summed E-state index contributed by atoms with van der Waals surface area (Å²) in [6.07, 6.45) is 46.9. The van der Waals surface area contributed by atoms with Crippen LogP contribution in [0.1, 0.15) is 219 Å². The van der Waals surface area contributed by atoms with E-state index in [-0.39, 0.29) is 28.3 Å². The molecule has 42 heavy (non-hydrogen) atoms. The van der Waals surface area contributed by atoms with E-state index in [1.54, 1.807) is 0 Å². The Morgan fingerprint density at radius 3 is 0.595 bits per heavy atom. The van der Waals surface area contributed by atoms with E-state index in [0.29, 0.717) is 0 Å². The third-order valence-corrected chi connectivity index (χ3v) is 9.23. The summed E-state index contributed by atoms with van der Waals surface area (Å²) >= 11 is 0. The first-order valence-corrected chi connectivity index (χ1v) is 18.9. The van der Waals surface area contributed by atoms with E-state index in [1.807, 2.05) is 0 Å². The quantitative estimate of drug-likeness (QED) is 0.0403. The Labute approximate surface area is 278 Å². The molecule has 258 valence electrons. The van der Waals surface area contributed by atoms with Crippen LogP contribution in [0.25, 0.3) is 0 Å². The van der Waals surface area contributed by atoms with Crippen LogP contribution in [0.5, 0.6) is 0 Å². The van der Waals surface area contributed by atoms with E-state index in [0.717, 1.165) is 0 Å². The van der Waals surface area contributed by atoms with Crippen LogP contribution in [0, 0.1) is 0 Å². The molecule has 3 nitrogen and oxygen atoms in total. The minimum Gasteiger partial charge on any atom is -0.870 e. The predicted octanol–water partition coefficient (Wildman–Crippen LogP) is 11.4. The molecule has 0 saturated carbocycles. The van der Waals surface area contributed by atoms with E-state index < -0.39 is 0 Å². The minimum atomic E-state index is 0. The van der Waals surface area contributed by atoms with E-state index in [2.05, 4.69) is 27.9 Å². The summed E-state index contributed by atoms with van der Waals surface area (Å²) in [5, 5.41) is 0. The molecule has 4 heteroatoms. The van der Waals surface area contributed by atoms with Crippen molar-refractivity contribution >= 4 is 17.4 Å². The summed E-state index contributed by atoms with van der Waals surface area (Å²) in [6, 6.07) is 0. The van der Waals surface area contributed by atoms with Crippen molar-refractivity contribution in [3.05, 3.63) is 0 Å². The molecule has 0 aromatic rings. The van der Waals surface area contributed by atoms with Crippen molar-refractivity contribution in [3.8, 4) is 0 Å². The van der Waals surface area contributed by atoms with Crippen molar-refractivity contribution in [1.82, 2.24) is 0 Å². The van der Waals surface area contributed by atoms with Gasteiger partial charge < -0.3 is 15.4 Å². The van der Waals surface area contributed by atoms with E-state index in [1.165, 1.54) is 223 Å². The van der Waals surface area contributed by atoms with Crippen molar-refractivity contribution < 1.29 is 15.4 Å². The second kappa shape index (κ2) is 41.4. The van der Waals surface area contributed by atoms with Crippen LogP contribution in [0.4, 0.5) is 0 Å².